The molecular weight excluding hydrogens is 260 g/mol. The number of hydrogen-bond donors (Lipinski definition) is 2. The Kier molecular flexibility index (Phi) is 3.96. The van der Waals surface area contributed by atoms with Crippen molar-refractivity contribution in [1.29, 1.82) is 0 Å². The summed E-state index contributed by atoms with van der Waals surface area (Å²) in [6.45, 7) is 3.11. The van der Waals surface area contributed by atoms with E-state index in [4.69, 9.17) is 5.11 Å². The number of aryl methyl sites for hydroxylation is 1. The molecule has 0 aromatic carbocycles. The standard InChI is InChI=1S/C13H20N4O3/c1-13(11(18)19)3-5-17(6-4-13)12(20)14-7-10-8-15-16(2)9-10/h8-9H,3-7H2,1-2H3,(H,14,20)(H,18,19). The van der Waals surface area contributed by atoms with Crippen molar-refractivity contribution in [3.05, 3.63) is 18.0 Å². The molecule has 110 valence electrons. The molecule has 7 nitrogen and oxygen atoms in total. The molecule has 2 N–H and O–H groups in total. The molecule has 0 radical (unpaired) electrons. The minimum absolute atomic E-state index is 0.152. The second kappa shape index (κ2) is 5.52. The number of carbonyl (C=O) groups excluding carboxylic acids is 1. The molecule has 0 spiro atoms. The largest absolute Gasteiger partial charge is 0.481 e. The fourth-order valence-corrected chi connectivity index (χ4v) is 2.27. The minimum Gasteiger partial charge on any atom is -0.481 e. The topological polar surface area (TPSA) is 87.5 Å². The predicted molar refractivity (Wildman–Crippen MR) is 72.0 cm³/mol. The third-order valence-electron chi connectivity index (χ3n) is 3.87. The van der Waals surface area contributed by atoms with Crippen molar-refractivity contribution in [3.8, 4) is 0 Å². The Morgan fingerprint density at radius 1 is 1.45 bits per heavy atom. The number of likely N-dealkylation sites (tertiary alicyclic amines) is 1. The van der Waals surface area contributed by atoms with Gasteiger partial charge in [0.15, 0.2) is 0 Å². The molecule has 2 heterocycles. The minimum atomic E-state index is -0.784. The highest BCUT2D eigenvalue weighted by molar-refractivity contribution is 5.76. The number of carboxylic acid groups (broad SMARTS) is 1. The van der Waals surface area contributed by atoms with E-state index in [1.54, 1.807) is 22.7 Å². The molecule has 20 heavy (non-hydrogen) atoms. The molecule has 1 fully saturated rings. The summed E-state index contributed by atoms with van der Waals surface area (Å²) in [6.07, 6.45) is 4.53. The summed E-state index contributed by atoms with van der Waals surface area (Å²) in [5.41, 5.74) is 0.230. The predicted octanol–water partition coefficient (Wildman–Crippen LogP) is 0.816. The van der Waals surface area contributed by atoms with E-state index >= 15 is 0 Å². The van der Waals surface area contributed by atoms with Crippen LogP contribution >= 0.6 is 0 Å². The Bertz CT molecular complexity index is 503. The zero-order chi connectivity index (χ0) is 14.8. The van der Waals surface area contributed by atoms with Crippen LogP contribution in [0.4, 0.5) is 4.79 Å². The highest BCUT2D eigenvalue weighted by Crippen LogP contribution is 2.30. The lowest BCUT2D eigenvalue weighted by molar-refractivity contribution is -0.150. The Balaban J connectivity index is 1.81. The van der Waals surface area contributed by atoms with Crippen LogP contribution in [0.15, 0.2) is 12.4 Å². The number of rotatable bonds is 3. The van der Waals surface area contributed by atoms with E-state index < -0.39 is 11.4 Å². The van der Waals surface area contributed by atoms with Gasteiger partial charge in [0, 0.05) is 38.4 Å². The van der Waals surface area contributed by atoms with Crippen LogP contribution in [0.2, 0.25) is 0 Å². The van der Waals surface area contributed by atoms with Crippen LogP contribution in [-0.2, 0) is 18.4 Å². The fourth-order valence-electron chi connectivity index (χ4n) is 2.27. The number of carbonyl (C=O) groups is 2. The van der Waals surface area contributed by atoms with Crippen molar-refractivity contribution < 1.29 is 14.7 Å². The maximum absolute atomic E-state index is 12.0. The molecule has 1 aromatic rings. The highest BCUT2D eigenvalue weighted by Gasteiger charge is 2.37. The average molecular weight is 280 g/mol. The van der Waals surface area contributed by atoms with E-state index in [1.165, 1.54) is 0 Å². The molecule has 0 bridgehead atoms. The van der Waals surface area contributed by atoms with Gasteiger partial charge in [-0.3, -0.25) is 9.48 Å². The molecule has 0 saturated carbocycles. The van der Waals surface area contributed by atoms with Crippen molar-refractivity contribution >= 4 is 12.0 Å². The van der Waals surface area contributed by atoms with E-state index in [9.17, 15) is 9.59 Å². The van der Waals surface area contributed by atoms with Gasteiger partial charge in [-0.15, -0.1) is 0 Å². The first-order chi connectivity index (χ1) is 9.40. The van der Waals surface area contributed by atoms with Crippen LogP contribution in [0.5, 0.6) is 0 Å². The number of hydrogen-bond acceptors (Lipinski definition) is 3. The Labute approximate surface area is 117 Å². The van der Waals surface area contributed by atoms with Crippen molar-refractivity contribution in [3.63, 3.8) is 0 Å². The van der Waals surface area contributed by atoms with Gasteiger partial charge >= 0.3 is 12.0 Å². The number of aromatic nitrogens is 2. The quantitative estimate of drug-likeness (QED) is 0.858. The molecule has 0 atom stereocenters. The third-order valence-corrected chi connectivity index (χ3v) is 3.87. The van der Waals surface area contributed by atoms with Gasteiger partial charge in [0.05, 0.1) is 11.6 Å². The van der Waals surface area contributed by atoms with Gasteiger partial charge in [0.1, 0.15) is 0 Å². The van der Waals surface area contributed by atoms with Crippen LogP contribution < -0.4 is 5.32 Å². The van der Waals surface area contributed by atoms with E-state index in [-0.39, 0.29) is 6.03 Å². The second-order valence-corrected chi connectivity index (χ2v) is 5.53. The van der Waals surface area contributed by atoms with Gasteiger partial charge < -0.3 is 15.3 Å². The number of aliphatic carboxylic acids is 1. The van der Waals surface area contributed by atoms with E-state index in [2.05, 4.69) is 10.4 Å². The molecule has 2 amide bonds. The Morgan fingerprint density at radius 2 is 2.10 bits per heavy atom. The van der Waals surface area contributed by atoms with Gasteiger partial charge in [-0.2, -0.15) is 5.10 Å². The number of piperidine rings is 1. The molecule has 1 saturated heterocycles. The van der Waals surface area contributed by atoms with Gasteiger partial charge in [-0.05, 0) is 19.8 Å². The summed E-state index contributed by atoms with van der Waals surface area (Å²) in [7, 11) is 1.82. The molecule has 2 rings (SSSR count). The smallest absolute Gasteiger partial charge is 0.317 e. The van der Waals surface area contributed by atoms with Crippen LogP contribution in [0, 0.1) is 5.41 Å². The van der Waals surface area contributed by atoms with Crippen LogP contribution in [-0.4, -0.2) is 44.9 Å². The number of nitrogens with one attached hydrogen (secondary N) is 1. The SMILES string of the molecule is Cn1cc(CNC(=O)N2CCC(C)(C(=O)O)CC2)cn1. The Hall–Kier alpha value is -2.05. The van der Waals surface area contributed by atoms with Crippen LogP contribution in [0.25, 0.3) is 0 Å². The number of nitrogens with zero attached hydrogens (tertiary/aromatic N) is 3. The number of carboxylic acids is 1. The van der Waals surface area contributed by atoms with Gasteiger partial charge in [-0.1, -0.05) is 0 Å². The van der Waals surface area contributed by atoms with Crippen molar-refractivity contribution in [2.75, 3.05) is 13.1 Å². The lowest BCUT2D eigenvalue weighted by Crippen LogP contribution is -2.48. The van der Waals surface area contributed by atoms with Gasteiger partial charge in [-0.25, -0.2) is 4.79 Å². The zero-order valence-corrected chi connectivity index (χ0v) is 11.8. The van der Waals surface area contributed by atoms with E-state index in [1.807, 2.05) is 13.2 Å². The highest BCUT2D eigenvalue weighted by atomic mass is 16.4. The summed E-state index contributed by atoms with van der Waals surface area (Å²) in [5.74, 6) is -0.784. The first-order valence-corrected chi connectivity index (χ1v) is 6.64. The molecule has 7 heteroatoms. The van der Waals surface area contributed by atoms with E-state index in [0.717, 1.165) is 5.56 Å². The summed E-state index contributed by atoms with van der Waals surface area (Å²) in [5, 5.41) is 16.0. The van der Waals surface area contributed by atoms with Crippen molar-refractivity contribution in [1.82, 2.24) is 20.0 Å². The molecule has 1 aliphatic rings. The molecular formula is C13H20N4O3. The second-order valence-electron chi connectivity index (χ2n) is 5.53. The van der Waals surface area contributed by atoms with Crippen molar-refractivity contribution in [2.45, 2.75) is 26.3 Å². The maximum atomic E-state index is 12.0. The summed E-state index contributed by atoms with van der Waals surface area (Å²) in [6, 6.07) is -0.152. The number of urea groups is 1. The first-order valence-electron chi connectivity index (χ1n) is 6.64. The van der Waals surface area contributed by atoms with Crippen LogP contribution in [0.3, 0.4) is 0 Å². The summed E-state index contributed by atoms with van der Waals surface area (Å²) < 4.78 is 1.68. The monoisotopic (exact) mass is 280 g/mol. The number of amides is 2. The molecule has 1 aromatic heterocycles. The molecule has 0 unspecified atom stereocenters. The zero-order valence-electron chi connectivity index (χ0n) is 11.8. The lowest BCUT2D eigenvalue weighted by Gasteiger charge is -2.36. The van der Waals surface area contributed by atoms with Gasteiger partial charge in [0.25, 0.3) is 0 Å². The molecule has 0 aliphatic carbocycles. The van der Waals surface area contributed by atoms with E-state index in [0.29, 0.717) is 32.5 Å². The lowest BCUT2D eigenvalue weighted by atomic mass is 9.80. The van der Waals surface area contributed by atoms with Crippen LogP contribution in [0.1, 0.15) is 25.3 Å². The van der Waals surface area contributed by atoms with Crippen molar-refractivity contribution in [2.24, 2.45) is 12.5 Å². The van der Waals surface area contributed by atoms with Gasteiger partial charge in [0.2, 0.25) is 0 Å². The normalized spacial score (nSPS) is 17.8. The third kappa shape index (κ3) is 3.09. The fraction of sp³-hybridized carbons (Fsp3) is 0.615. The summed E-state index contributed by atoms with van der Waals surface area (Å²) in [4.78, 5) is 24.8. The average Bonchev–Trinajstić information content (AvgIpc) is 2.82. The summed E-state index contributed by atoms with van der Waals surface area (Å²) >= 11 is 0. The molecule has 1 aliphatic heterocycles. The first kappa shape index (κ1) is 14.4. The maximum Gasteiger partial charge on any atom is 0.317 e. The Morgan fingerprint density at radius 3 is 2.60 bits per heavy atom.